The van der Waals surface area contributed by atoms with E-state index in [0.29, 0.717) is 18.7 Å². The molecule has 0 aliphatic carbocycles. The highest BCUT2D eigenvalue weighted by Gasteiger charge is 2.38. The maximum atomic E-state index is 11.8. The molecule has 1 aromatic carbocycles. The summed E-state index contributed by atoms with van der Waals surface area (Å²) in [6, 6.07) is 9.84. The van der Waals surface area contributed by atoms with Crippen LogP contribution < -0.4 is 5.56 Å². The van der Waals surface area contributed by atoms with Gasteiger partial charge in [0.1, 0.15) is 6.10 Å². The summed E-state index contributed by atoms with van der Waals surface area (Å²) < 4.78 is 13.6. The molecular weight excluding hydrogens is 324 g/mol. The Hall–Kier alpha value is -2.55. The Bertz CT molecular complexity index is 908. The highest BCUT2D eigenvalue weighted by atomic mass is 16.6. The van der Waals surface area contributed by atoms with Crippen molar-refractivity contribution < 1.29 is 14.6 Å². The van der Waals surface area contributed by atoms with E-state index in [9.17, 15) is 9.90 Å². The maximum Gasteiger partial charge on any atom is 0.278 e. The second kappa shape index (κ2) is 6.75. The Morgan fingerprint density at radius 2 is 2.16 bits per heavy atom. The van der Waals surface area contributed by atoms with Crippen LogP contribution in [0.3, 0.4) is 0 Å². The van der Waals surface area contributed by atoms with Gasteiger partial charge in [0.05, 0.1) is 32.0 Å². The lowest BCUT2D eigenvalue weighted by atomic mass is 10.2. The molecule has 2 aromatic heterocycles. The smallest absolute Gasteiger partial charge is 0.278 e. The number of aliphatic hydroxyl groups excluding tert-OH is 1. The van der Waals surface area contributed by atoms with Gasteiger partial charge in [-0.2, -0.15) is 0 Å². The van der Waals surface area contributed by atoms with E-state index < -0.39 is 6.23 Å². The van der Waals surface area contributed by atoms with E-state index in [1.807, 2.05) is 30.3 Å². The molecule has 0 bridgehead atoms. The van der Waals surface area contributed by atoms with Crippen molar-refractivity contribution in [1.29, 1.82) is 0 Å². The van der Waals surface area contributed by atoms with Gasteiger partial charge in [0.2, 0.25) is 0 Å². The quantitative estimate of drug-likeness (QED) is 0.717. The van der Waals surface area contributed by atoms with Crippen LogP contribution in [-0.4, -0.2) is 43.4 Å². The van der Waals surface area contributed by atoms with Crippen LogP contribution >= 0.6 is 0 Å². The number of benzene rings is 1. The summed E-state index contributed by atoms with van der Waals surface area (Å²) in [5.41, 5.74) is 1.43. The fraction of sp³-hybridized carbons (Fsp3) is 0.353. The van der Waals surface area contributed by atoms with Gasteiger partial charge >= 0.3 is 0 Å². The molecule has 1 saturated heterocycles. The molecule has 25 heavy (non-hydrogen) atoms. The van der Waals surface area contributed by atoms with Crippen LogP contribution in [0.4, 0.5) is 0 Å². The molecule has 3 heterocycles. The molecular formula is C17H18N4O4. The first-order chi connectivity index (χ1) is 12.3. The van der Waals surface area contributed by atoms with Gasteiger partial charge in [-0.05, 0) is 5.56 Å². The first-order valence-electron chi connectivity index (χ1n) is 8.08. The fourth-order valence-electron chi connectivity index (χ4n) is 3.06. The van der Waals surface area contributed by atoms with Crippen molar-refractivity contribution in [2.24, 2.45) is 0 Å². The topological polar surface area (TPSA) is 102 Å². The van der Waals surface area contributed by atoms with E-state index in [1.165, 1.54) is 12.7 Å². The van der Waals surface area contributed by atoms with E-state index >= 15 is 0 Å². The number of hydrogen-bond acceptors (Lipinski definition) is 6. The molecule has 0 spiro atoms. The number of hydrogen-bond donors (Lipinski definition) is 2. The third-order valence-corrected chi connectivity index (χ3v) is 4.29. The minimum Gasteiger partial charge on any atom is -0.394 e. The Kier molecular flexibility index (Phi) is 4.31. The van der Waals surface area contributed by atoms with Crippen LogP contribution in [0, 0.1) is 0 Å². The molecule has 0 radical (unpaired) electrons. The monoisotopic (exact) mass is 342 g/mol. The predicted octanol–water partition coefficient (Wildman–Crippen LogP) is 0.985. The van der Waals surface area contributed by atoms with Gasteiger partial charge in [-0.15, -0.1) is 0 Å². The summed E-state index contributed by atoms with van der Waals surface area (Å²) in [6.45, 7) is 0.340. The Balaban J connectivity index is 1.61. The normalized spacial score (nSPS) is 23.3. The van der Waals surface area contributed by atoms with Crippen molar-refractivity contribution in [2.45, 2.75) is 31.5 Å². The number of rotatable bonds is 5. The molecule has 1 aliphatic rings. The molecule has 4 rings (SSSR count). The zero-order chi connectivity index (χ0) is 17.2. The van der Waals surface area contributed by atoms with Crippen LogP contribution in [0.25, 0.3) is 11.2 Å². The molecule has 130 valence electrons. The third kappa shape index (κ3) is 3.07. The van der Waals surface area contributed by atoms with E-state index in [2.05, 4.69) is 15.0 Å². The van der Waals surface area contributed by atoms with E-state index in [-0.39, 0.29) is 29.9 Å². The van der Waals surface area contributed by atoms with E-state index in [0.717, 1.165) is 5.56 Å². The predicted molar refractivity (Wildman–Crippen MR) is 88.8 cm³/mol. The molecule has 3 atom stereocenters. The highest BCUT2D eigenvalue weighted by Crippen LogP contribution is 2.33. The maximum absolute atomic E-state index is 11.8. The van der Waals surface area contributed by atoms with Crippen molar-refractivity contribution in [3.05, 3.63) is 58.9 Å². The summed E-state index contributed by atoms with van der Waals surface area (Å²) in [4.78, 5) is 22.7. The van der Waals surface area contributed by atoms with Gasteiger partial charge < -0.3 is 19.6 Å². The Labute approximate surface area is 143 Å². The largest absolute Gasteiger partial charge is 0.394 e. The molecule has 0 amide bonds. The zero-order valence-electron chi connectivity index (χ0n) is 13.4. The summed E-state index contributed by atoms with van der Waals surface area (Å²) >= 11 is 0. The zero-order valence-corrected chi connectivity index (χ0v) is 13.4. The molecule has 2 N–H and O–H groups in total. The summed E-state index contributed by atoms with van der Waals surface area (Å²) in [5, 5.41) is 9.47. The number of imidazole rings is 1. The molecule has 8 nitrogen and oxygen atoms in total. The van der Waals surface area contributed by atoms with Crippen LogP contribution in [0.2, 0.25) is 0 Å². The summed E-state index contributed by atoms with van der Waals surface area (Å²) in [5.74, 6) is 0. The second-order valence-electron chi connectivity index (χ2n) is 5.96. The lowest BCUT2D eigenvalue weighted by Gasteiger charge is -2.20. The number of aromatic amines is 1. The van der Waals surface area contributed by atoms with Crippen molar-refractivity contribution in [2.75, 3.05) is 6.61 Å². The van der Waals surface area contributed by atoms with Crippen molar-refractivity contribution in [3.63, 3.8) is 0 Å². The van der Waals surface area contributed by atoms with Gasteiger partial charge in [0.25, 0.3) is 5.56 Å². The van der Waals surface area contributed by atoms with Crippen LogP contribution in [-0.2, 0) is 16.1 Å². The number of nitrogens with one attached hydrogen (secondary N) is 1. The summed E-state index contributed by atoms with van der Waals surface area (Å²) in [6.07, 6.45) is 2.30. The number of fused-ring (bicyclic) bond motifs is 1. The number of aromatic nitrogens is 4. The van der Waals surface area contributed by atoms with Crippen molar-refractivity contribution >= 4 is 11.2 Å². The van der Waals surface area contributed by atoms with E-state index in [4.69, 9.17) is 9.47 Å². The minimum absolute atomic E-state index is 0.0949. The molecule has 1 fully saturated rings. The highest BCUT2D eigenvalue weighted by molar-refractivity contribution is 5.68. The standard InChI is InChI=1S/C17H18N4O4/c22-7-12-6-13(24-8-11-4-2-1-3-5-11)17(25-12)21-10-20-14-15(21)18-9-19-16(14)23/h1-5,9-10,12-13,17,22H,6-8H2,(H,18,19,23)/t12-,13+,17+/m0/s1. The van der Waals surface area contributed by atoms with Gasteiger partial charge in [-0.3, -0.25) is 9.36 Å². The van der Waals surface area contributed by atoms with Crippen LogP contribution in [0.5, 0.6) is 0 Å². The first-order valence-corrected chi connectivity index (χ1v) is 8.08. The molecule has 0 saturated carbocycles. The molecule has 1 aliphatic heterocycles. The number of aliphatic hydroxyl groups is 1. The first kappa shape index (κ1) is 15.9. The van der Waals surface area contributed by atoms with Gasteiger partial charge in [0.15, 0.2) is 17.4 Å². The molecule has 3 aromatic rings. The van der Waals surface area contributed by atoms with Crippen molar-refractivity contribution in [1.82, 2.24) is 19.5 Å². The lowest BCUT2D eigenvalue weighted by Crippen LogP contribution is -2.23. The minimum atomic E-state index is -0.500. The van der Waals surface area contributed by atoms with Gasteiger partial charge in [-0.1, -0.05) is 30.3 Å². The Morgan fingerprint density at radius 3 is 2.96 bits per heavy atom. The van der Waals surface area contributed by atoms with Crippen molar-refractivity contribution in [3.8, 4) is 0 Å². The average Bonchev–Trinajstić information content (AvgIpc) is 3.25. The van der Waals surface area contributed by atoms with Gasteiger partial charge in [0, 0.05) is 6.42 Å². The summed E-state index contributed by atoms with van der Waals surface area (Å²) in [7, 11) is 0. The Morgan fingerprint density at radius 1 is 1.32 bits per heavy atom. The van der Waals surface area contributed by atoms with E-state index in [1.54, 1.807) is 4.57 Å². The number of nitrogens with zero attached hydrogens (tertiary/aromatic N) is 3. The second-order valence-corrected chi connectivity index (χ2v) is 5.96. The third-order valence-electron chi connectivity index (χ3n) is 4.29. The SMILES string of the molecule is O=c1[nH]cnc2c1ncn2[C@@H]1O[C@H](CO)C[C@H]1OCc1ccccc1. The average molecular weight is 342 g/mol. The van der Waals surface area contributed by atoms with Crippen LogP contribution in [0.15, 0.2) is 47.8 Å². The molecule has 0 unspecified atom stereocenters. The molecule has 8 heteroatoms. The number of ether oxygens (including phenoxy) is 2. The number of H-pyrrole nitrogens is 1. The lowest BCUT2D eigenvalue weighted by molar-refractivity contribution is -0.0730. The van der Waals surface area contributed by atoms with Gasteiger partial charge in [-0.25, -0.2) is 9.97 Å². The van der Waals surface area contributed by atoms with Crippen LogP contribution in [0.1, 0.15) is 18.2 Å². The fourth-order valence-corrected chi connectivity index (χ4v) is 3.06.